The Morgan fingerprint density at radius 1 is 1.21 bits per heavy atom. The number of nitrogens with zero attached hydrogens (tertiary/aromatic N) is 5. The summed E-state index contributed by atoms with van der Waals surface area (Å²) in [5.41, 5.74) is 2.74. The Kier molecular flexibility index (Phi) is 7.36. The van der Waals surface area contributed by atoms with Crippen LogP contribution in [0.4, 0.5) is 10.1 Å². The normalized spacial score (nSPS) is 16.6. The highest BCUT2D eigenvalue weighted by atomic mass is 35.5. The number of anilines is 1. The molecule has 3 heterocycles. The summed E-state index contributed by atoms with van der Waals surface area (Å²) in [7, 11) is 0. The van der Waals surface area contributed by atoms with Crippen LogP contribution in [0.25, 0.3) is 23.0 Å². The molecule has 0 unspecified atom stereocenters. The predicted molar refractivity (Wildman–Crippen MR) is 140 cm³/mol. The number of rotatable bonds is 4. The number of halogens is 2. The number of amides is 2. The zero-order valence-corrected chi connectivity index (χ0v) is 20.7. The molecule has 10 nitrogen and oxygen atoms in total. The summed E-state index contributed by atoms with van der Waals surface area (Å²) in [6, 6.07) is 8.79. The van der Waals surface area contributed by atoms with Crippen LogP contribution in [0, 0.1) is 5.82 Å². The maximum Gasteiger partial charge on any atom is 0.244 e. The van der Waals surface area contributed by atoms with Crippen LogP contribution < -0.4 is 10.6 Å². The van der Waals surface area contributed by atoms with E-state index in [0.29, 0.717) is 51.9 Å². The van der Waals surface area contributed by atoms with Crippen molar-refractivity contribution in [2.75, 3.05) is 5.32 Å². The fourth-order valence-electron chi connectivity index (χ4n) is 4.04. The van der Waals surface area contributed by atoms with Gasteiger partial charge in [0.05, 0.1) is 29.3 Å². The maximum absolute atomic E-state index is 14.1. The fourth-order valence-corrected chi connectivity index (χ4v) is 4.22. The Labute approximate surface area is 221 Å². The molecule has 0 spiro atoms. The molecule has 38 heavy (non-hydrogen) atoms. The van der Waals surface area contributed by atoms with Crippen LogP contribution in [0.5, 0.6) is 0 Å². The van der Waals surface area contributed by atoms with Gasteiger partial charge in [-0.2, -0.15) is 4.68 Å². The highest BCUT2D eigenvalue weighted by Gasteiger charge is 2.19. The van der Waals surface area contributed by atoms with Crippen molar-refractivity contribution in [2.24, 2.45) is 0 Å². The van der Waals surface area contributed by atoms with Crippen LogP contribution in [-0.4, -0.2) is 42.0 Å². The summed E-state index contributed by atoms with van der Waals surface area (Å²) in [6.45, 7) is 0. The molecule has 0 fully saturated rings. The van der Waals surface area contributed by atoms with E-state index in [9.17, 15) is 14.0 Å². The molecule has 3 N–H and O–H groups in total. The molecular formula is C26H22ClFN8O2. The first kappa shape index (κ1) is 25.0. The van der Waals surface area contributed by atoms with Gasteiger partial charge in [0, 0.05) is 28.6 Å². The van der Waals surface area contributed by atoms with Crippen LogP contribution in [0.1, 0.15) is 36.7 Å². The van der Waals surface area contributed by atoms with Gasteiger partial charge in [0.25, 0.3) is 0 Å². The zero-order valence-electron chi connectivity index (χ0n) is 19.9. The van der Waals surface area contributed by atoms with E-state index >= 15 is 0 Å². The first-order valence-electron chi connectivity index (χ1n) is 11.8. The first-order valence-corrected chi connectivity index (χ1v) is 12.2. The number of hydrogen-bond donors (Lipinski definition) is 3. The third-order valence-corrected chi connectivity index (χ3v) is 6.10. The van der Waals surface area contributed by atoms with Crippen molar-refractivity contribution >= 4 is 35.2 Å². The molecule has 4 aromatic rings. The minimum Gasteiger partial charge on any atom is -0.342 e. The number of imidazole rings is 1. The van der Waals surface area contributed by atoms with E-state index in [1.165, 1.54) is 35.3 Å². The van der Waals surface area contributed by atoms with Crippen LogP contribution in [-0.2, 0) is 9.59 Å². The lowest BCUT2D eigenvalue weighted by Gasteiger charge is -2.14. The number of H-pyrrole nitrogens is 1. The standard InChI is InChI=1S/C26H22ClFN8O2/c27-17-7-10-23(36-15-30-34-35-36)16(12-17)6-11-25(38)32-21-4-2-1-3-5-24(37)31-20-9-8-18(28)13-19(20)22-14-29-26(21)33-22/h1-2,6-15,21H,3-5H2,(H,29,33)(H,31,37)(H,32,38)/b2-1+,11-6+/t21-/m0/s1. The summed E-state index contributed by atoms with van der Waals surface area (Å²) >= 11 is 6.16. The number of carbonyl (C=O) groups excluding carboxylic acids is 2. The lowest BCUT2D eigenvalue weighted by atomic mass is 10.1. The van der Waals surface area contributed by atoms with E-state index in [1.54, 1.807) is 30.5 Å². The second-order valence-corrected chi connectivity index (χ2v) is 8.95. The van der Waals surface area contributed by atoms with Gasteiger partial charge in [0.2, 0.25) is 11.8 Å². The average Bonchev–Trinajstić information content (AvgIpc) is 3.60. The number of aromatic amines is 1. The van der Waals surface area contributed by atoms with Gasteiger partial charge in [-0.3, -0.25) is 9.59 Å². The molecule has 0 aliphatic carbocycles. The topological polar surface area (TPSA) is 130 Å². The number of nitrogens with one attached hydrogen (secondary N) is 3. The summed E-state index contributed by atoms with van der Waals surface area (Å²) in [4.78, 5) is 32.9. The number of fused-ring (bicyclic) bond motifs is 4. The Morgan fingerprint density at radius 2 is 2.11 bits per heavy atom. The molecule has 1 aliphatic rings. The molecular weight excluding hydrogens is 511 g/mol. The number of carbonyl (C=O) groups is 2. The second-order valence-electron chi connectivity index (χ2n) is 8.52. The molecule has 2 bridgehead atoms. The smallest absolute Gasteiger partial charge is 0.244 e. The molecule has 2 aromatic carbocycles. The fraction of sp³-hybridized carbons (Fsp3) is 0.154. The van der Waals surface area contributed by atoms with E-state index in [1.807, 2.05) is 12.2 Å². The zero-order chi connectivity index (χ0) is 26.5. The summed E-state index contributed by atoms with van der Waals surface area (Å²) < 4.78 is 15.5. The van der Waals surface area contributed by atoms with Gasteiger partial charge < -0.3 is 15.6 Å². The second kappa shape index (κ2) is 11.2. The Hall–Kier alpha value is -4.64. The van der Waals surface area contributed by atoms with Crippen LogP contribution in [0.15, 0.2) is 67.2 Å². The van der Waals surface area contributed by atoms with Crippen LogP contribution >= 0.6 is 11.6 Å². The van der Waals surface area contributed by atoms with Gasteiger partial charge in [-0.1, -0.05) is 23.8 Å². The number of aromatic nitrogens is 6. The summed E-state index contributed by atoms with van der Waals surface area (Å²) in [5, 5.41) is 17.5. The van der Waals surface area contributed by atoms with Gasteiger partial charge in [-0.25, -0.2) is 9.37 Å². The largest absolute Gasteiger partial charge is 0.342 e. The predicted octanol–water partition coefficient (Wildman–Crippen LogP) is 4.39. The lowest BCUT2D eigenvalue weighted by molar-refractivity contribution is -0.117. The third kappa shape index (κ3) is 5.84. The molecule has 0 radical (unpaired) electrons. The first-order chi connectivity index (χ1) is 18.5. The molecule has 1 aliphatic heterocycles. The number of allylic oxidation sites excluding steroid dienone is 1. The molecule has 0 saturated carbocycles. The average molecular weight is 533 g/mol. The molecule has 1 atom stereocenters. The Morgan fingerprint density at radius 3 is 2.95 bits per heavy atom. The molecule has 12 heteroatoms. The van der Waals surface area contributed by atoms with E-state index in [4.69, 9.17) is 11.6 Å². The van der Waals surface area contributed by atoms with Crippen molar-refractivity contribution in [3.8, 4) is 16.9 Å². The maximum atomic E-state index is 14.1. The van der Waals surface area contributed by atoms with Crippen molar-refractivity contribution in [1.29, 1.82) is 0 Å². The van der Waals surface area contributed by atoms with Crippen molar-refractivity contribution in [3.05, 3.63) is 89.4 Å². The Bertz CT molecular complexity index is 1530. The van der Waals surface area contributed by atoms with Crippen molar-refractivity contribution in [1.82, 2.24) is 35.5 Å². The van der Waals surface area contributed by atoms with E-state index in [0.717, 1.165) is 0 Å². The molecule has 192 valence electrons. The van der Waals surface area contributed by atoms with Crippen molar-refractivity contribution < 1.29 is 14.0 Å². The highest BCUT2D eigenvalue weighted by Crippen LogP contribution is 2.30. The molecule has 0 saturated heterocycles. The van der Waals surface area contributed by atoms with E-state index in [2.05, 4.69) is 36.1 Å². The number of hydrogen-bond acceptors (Lipinski definition) is 6. The number of benzene rings is 2. The van der Waals surface area contributed by atoms with Crippen molar-refractivity contribution in [2.45, 2.75) is 25.3 Å². The van der Waals surface area contributed by atoms with Gasteiger partial charge in [0.15, 0.2) is 0 Å². The van der Waals surface area contributed by atoms with E-state index in [-0.39, 0.29) is 18.2 Å². The van der Waals surface area contributed by atoms with Gasteiger partial charge in [0.1, 0.15) is 18.0 Å². The Balaban J connectivity index is 1.41. The molecule has 2 aromatic heterocycles. The van der Waals surface area contributed by atoms with E-state index < -0.39 is 11.9 Å². The summed E-state index contributed by atoms with van der Waals surface area (Å²) in [5.74, 6) is -0.503. The van der Waals surface area contributed by atoms with Crippen LogP contribution in [0.3, 0.4) is 0 Å². The monoisotopic (exact) mass is 532 g/mol. The highest BCUT2D eigenvalue weighted by molar-refractivity contribution is 6.30. The quantitative estimate of drug-likeness (QED) is 0.264. The number of tetrazole rings is 1. The molecule has 5 rings (SSSR count). The minimum atomic E-state index is -0.503. The van der Waals surface area contributed by atoms with Crippen LogP contribution in [0.2, 0.25) is 5.02 Å². The van der Waals surface area contributed by atoms with Crippen molar-refractivity contribution in [3.63, 3.8) is 0 Å². The lowest BCUT2D eigenvalue weighted by Crippen LogP contribution is -2.27. The van der Waals surface area contributed by atoms with Gasteiger partial charge >= 0.3 is 0 Å². The minimum absolute atomic E-state index is 0.182. The van der Waals surface area contributed by atoms with Gasteiger partial charge in [-0.05, 0) is 65.7 Å². The molecule has 2 amide bonds. The van der Waals surface area contributed by atoms with Gasteiger partial charge in [-0.15, -0.1) is 5.10 Å². The SMILES string of the molecule is O=C(/C=C/c1cc(Cl)ccc1-n1cnnn1)N[C@H]1C/C=C/CCC(=O)Nc2ccc(F)cc2-c2cnc1[nH]2. The summed E-state index contributed by atoms with van der Waals surface area (Å²) in [6.07, 6.45) is 11.0. The third-order valence-electron chi connectivity index (χ3n) is 5.86.